The molecule has 2 aliphatic rings. The number of pyridine rings is 2. The van der Waals surface area contributed by atoms with Gasteiger partial charge in [-0.1, -0.05) is 6.07 Å². The molecule has 0 saturated carbocycles. The van der Waals surface area contributed by atoms with Gasteiger partial charge in [0, 0.05) is 24.2 Å². The summed E-state index contributed by atoms with van der Waals surface area (Å²) in [5.41, 5.74) is 10.2. The Bertz CT molecular complexity index is 1230. The van der Waals surface area contributed by atoms with Crippen molar-refractivity contribution in [1.82, 2.24) is 14.9 Å². The SMILES string of the molecule is COc1ccc2ncc(F)c(CCN3CCC(C(N)Cc4ccc5c(c4)NC(=O)CO5)CC3)c2n1. The number of methoxy groups -OCH3 is 1. The number of carbonyl (C=O) groups excluding carboxylic acids is 1. The fraction of sp³-hybridized carbons (Fsp3) is 0.423. The first-order valence-electron chi connectivity index (χ1n) is 12.0. The van der Waals surface area contributed by atoms with E-state index in [0.29, 0.717) is 46.3 Å². The molecule has 2 aromatic heterocycles. The molecule has 4 heterocycles. The zero-order valence-corrected chi connectivity index (χ0v) is 19.8. The summed E-state index contributed by atoms with van der Waals surface area (Å²) in [6.45, 7) is 2.66. The molecule has 8 nitrogen and oxygen atoms in total. The molecule has 1 saturated heterocycles. The molecule has 2 aliphatic heterocycles. The molecule has 35 heavy (non-hydrogen) atoms. The van der Waals surface area contributed by atoms with Crippen LogP contribution in [0.4, 0.5) is 10.1 Å². The Morgan fingerprint density at radius 3 is 2.91 bits per heavy atom. The van der Waals surface area contributed by atoms with Crippen molar-refractivity contribution < 1.29 is 18.7 Å². The van der Waals surface area contributed by atoms with E-state index in [4.69, 9.17) is 15.2 Å². The number of benzene rings is 1. The Labute approximate surface area is 203 Å². The van der Waals surface area contributed by atoms with Crippen LogP contribution in [0.3, 0.4) is 0 Å². The fourth-order valence-electron chi connectivity index (χ4n) is 5.00. The monoisotopic (exact) mass is 479 g/mol. The van der Waals surface area contributed by atoms with Gasteiger partial charge in [0.15, 0.2) is 6.61 Å². The van der Waals surface area contributed by atoms with Gasteiger partial charge >= 0.3 is 0 Å². The highest BCUT2D eigenvalue weighted by Gasteiger charge is 2.25. The Balaban J connectivity index is 1.16. The van der Waals surface area contributed by atoms with Crippen LogP contribution in [-0.4, -0.2) is 60.2 Å². The van der Waals surface area contributed by atoms with Gasteiger partial charge < -0.3 is 25.4 Å². The van der Waals surface area contributed by atoms with E-state index in [2.05, 4.69) is 20.2 Å². The summed E-state index contributed by atoms with van der Waals surface area (Å²) in [6, 6.07) is 9.44. The van der Waals surface area contributed by atoms with Crippen molar-refractivity contribution >= 4 is 22.6 Å². The van der Waals surface area contributed by atoms with Crippen molar-refractivity contribution in [1.29, 1.82) is 0 Å². The van der Waals surface area contributed by atoms with Gasteiger partial charge in [-0.3, -0.25) is 9.78 Å². The molecule has 0 spiro atoms. The third kappa shape index (κ3) is 5.21. The molecule has 0 radical (unpaired) electrons. The highest BCUT2D eigenvalue weighted by Crippen LogP contribution is 2.30. The van der Waals surface area contributed by atoms with Crippen LogP contribution in [0.1, 0.15) is 24.0 Å². The lowest BCUT2D eigenvalue weighted by Gasteiger charge is -2.35. The lowest BCUT2D eigenvalue weighted by Crippen LogP contribution is -2.42. The molecule has 1 unspecified atom stereocenters. The minimum absolute atomic E-state index is 0.0358. The maximum absolute atomic E-state index is 14.6. The topological polar surface area (TPSA) is 103 Å². The second kappa shape index (κ2) is 10.1. The minimum atomic E-state index is -0.332. The van der Waals surface area contributed by atoms with Crippen LogP contribution in [0.2, 0.25) is 0 Å². The number of nitrogens with one attached hydrogen (secondary N) is 1. The molecule has 1 amide bonds. The number of likely N-dealkylation sites (tertiary alicyclic amines) is 1. The van der Waals surface area contributed by atoms with Gasteiger partial charge in [-0.25, -0.2) is 9.37 Å². The molecule has 184 valence electrons. The van der Waals surface area contributed by atoms with Crippen molar-refractivity contribution in [3.8, 4) is 11.6 Å². The summed E-state index contributed by atoms with van der Waals surface area (Å²) in [4.78, 5) is 22.5. The number of hydrogen-bond acceptors (Lipinski definition) is 7. The van der Waals surface area contributed by atoms with Crippen molar-refractivity contribution in [2.75, 3.05) is 38.7 Å². The first kappa shape index (κ1) is 23.4. The molecule has 1 fully saturated rings. The normalized spacial score (nSPS) is 17.5. The van der Waals surface area contributed by atoms with E-state index >= 15 is 0 Å². The van der Waals surface area contributed by atoms with Gasteiger partial charge in [-0.2, -0.15) is 0 Å². The zero-order chi connectivity index (χ0) is 24.4. The van der Waals surface area contributed by atoms with Crippen LogP contribution < -0.4 is 20.5 Å². The lowest BCUT2D eigenvalue weighted by atomic mass is 9.86. The van der Waals surface area contributed by atoms with E-state index < -0.39 is 0 Å². The van der Waals surface area contributed by atoms with Gasteiger partial charge in [0.25, 0.3) is 5.91 Å². The zero-order valence-electron chi connectivity index (χ0n) is 19.8. The van der Waals surface area contributed by atoms with Crippen molar-refractivity contribution in [2.45, 2.75) is 31.7 Å². The van der Waals surface area contributed by atoms with E-state index in [0.717, 1.165) is 44.5 Å². The molecule has 9 heteroatoms. The van der Waals surface area contributed by atoms with E-state index in [1.807, 2.05) is 18.2 Å². The van der Waals surface area contributed by atoms with Crippen LogP contribution in [-0.2, 0) is 17.6 Å². The van der Waals surface area contributed by atoms with Crippen molar-refractivity contribution in [3.63, 3.8) is 0 Å². The number of nitrogens with zero attached hydrogens (tertiary/aromatic N) is 3. The summed E-state index contributed by atoms with van der Waals surface area (Å²) in [7, 11) is 1.55. The number of rotatable bonds is 7. The highest BCUT2D eigenvalue weighted by atomic mass is 19.1. The molecule has 3 aromatic rings. The number of ether oxygens (including phenoxy) is 2. The predicted octanol–water partition coefficient (Wildman–Crippen LogP) is 2.93. The summed E-state index contributed by atoms with van der Waals surface area (Å²) in [5, 5.41) is 2.85. The molecule has 3 N–H and O–H groups in total. The van der Waals surface area contributed by atoms with Gasteiger partial charge in [0.1, 0.15) is 11.6 Å². The molecule has 1 aromatic carbocycles. The third-order valence-corrected chi connectivity index (χ3v) is 7.01. The van der Waals surface area contributed by atoms with Gasteiger partial charge in [-0.05, 0) is 68.5 Å². The highest BCUT2D eigenvalue weighted by molar-refractivity contribution is 5.95. The van der Waals surface area contributed by atoms with Crippen LogP contribution in [0.25, 0.3) is 11.0 Å². The second-order valence-electron chi connectivity index (χ2n) is 9.27. The Morgan fingerprint density at radius 1 is 1.29 bits per heavy atom. The lowest BCUT2D eigenvalue weighted by molar-refractivity contribution is -0.118. The molecule has 0 bridgehead atoms. The van der Waals surface area contributed by atoms with Crippen molar-refractivity contribution in [3.05, 3.63) is 53.5 Å². The average molecular weight is 480 g/mol. The standard InChI is InChI=1S/C26H30FN5O3/c1-34-25-5-3-21-26(31-25)18(19(27)14-29-21)8-11-32-9-6-17(7-10-32)20(28)12-16-2-4-23-22(13-16)30-24(33)15-35-23/h2-5,13-14,17,20H,6-12,15,28H2,1H3,(H,30,33). The molecule has 0 aliphatic carbocycles. The summed E-state index contributed by atoms with van der Waals surface area (Å²) in [6.07, 6.45) is 4.57. The van der Waals surface area contributed by atoms with Gasteiger partial charge in [-0.15, -0.1) is 0 Å². The largest absolute Gasteiger partial charge is 0.482 e. The van der Waals surface area contributed by atoms with Crippen LogP contribution in [0.5, 0.6) is 11.6 Å². The minimum Gasteiger partial charge on any atom is -0.482 e. The number of carbonyl (C=O) groups is 1. The van der Waals surface area contributed by atoms with E-state index in [1.54, 1.807) is 19.2 Å². The first-order chi connectivity index (χ1) is 17.0. The number of hydrogen-bond donors (Lipinski definition) is 2. The quantitative estimate of drug-likeness (QED) is 0.537. The number of halogens is 1. The first-order valence-corrected chi connectivity index (χ1v) is 12.0. The average Bonchev–Trinajstić information content (AvgIpc) is 2.87. The third-order valence-electron chi connectivity index (χ3n) is 7.01. The van der Waals surface area contributed by atoms with E-state index in [9.17, 15) is 9.18 Å². The molecular weight excluding hydrogens is 449 g/mol. The number of anilines is 1. The summed E-state index contributed by atoms with van der Waals surface area (Å²) < 4.78 is 25.2. The Kier molecular flexibility index (Phi) is 6.79. The van der Waals surface area contributed by atoms with Crippen LogP contribution >= 0.6 is 0 Å². The van der Waals surface area contributed by atoms with Crippen molar-refractivity contribution in [2.24, 2.45) is 11.7 Å². The van der Waals surface area contributed by atoms with Crippen LogP contribution in [0.15, 0.2) is 36.5 Å². The van der Waals surface area contributed by atoms with E-state index in [-0.39, 0.29) is 24.4 Å². The van der Waals surface area contributed by atoms with E-state index in [1.165, 1.54) is 6.20 Å². The predicted molar refractivity (Wildman–Crippen MR) is 131 cm³/mol. The Hall–Kier alpha value is -3.30. The maximum Gasteiger partial charge on any atom is 0.262 e. The smallest absolute Gasteiger partial charge is 0.262 e. The second-order valence-corrected chi connectivity index (χ2v) is 9.27. The number of piperidine rings is 1. The Morgan fingerprint density at radius 2 is 2.11 bits per heavy atom. The molecule has 5 rings (SSSR count). The van der Waals surface area contributed by atoms with Crippen LogP contribution in [0, 0.1) is 11.7 Å². The number of amides is 1. The maximum atomic E-state index is 14.6. The summed E-state index contributed by atoms with van der Waals surface area (Å²) in [5.74, 6) is 1.09. The molecular formula is C26H30FN5O3. The summed E-state index contributed by atoms with van der Waals surface area (Å²) >= 11 is 0. The number of aromatic nitrogens is 2. The molecule has 1 atom stereocenters. The van der Waals surface area contributed by atoms with Gasteiger partial charge in [0.2, 0.25) is 5.88 Å². The van der Waals surface area contributed by atoms with Gasteiger partial charge in [0.05, 0.1) is 30.0 Å². The number of fused-ring (bicyclic) bond motifs is 2. The fourth-order valence-corrected chi connectivity index (χ4v) is 5.00. The number of nitrogens with two attached hydrogens (primary N) is 1.